The number of benzene rings is 2. The fourth-order valence-corrected chi connectivity index (χ4v) is 7.37. The number of terminal acetylenes is 1. The van der Waals surface area contributed by atoms with Crippen molar-refractivity contribution in [2.45, 2.75) is 88.3 Å². The third-order valence-electron chi connectivity index (χ3n) is 8.35. The van der Waals surface area contributed by atoms with Crippen molar-refractivity contribution in [3.05, 3.63) is 64.4 Å². The Labute approximate surface area is 279 Å². The summed E-state index contributed by atoms with van der Waals surface area (Å²) in [6, 6.07) is 8.31. The summed E-state index contributed by atoms with van der Waals surface area (Å²) in [6.45, 7) is 1.64. The van der Waals surface area contributed by atoms with Gasteiger partial charge in [0.1, 0.15) is 11.9 Å². The predicted molar refractivity (Wildman–Crippen MR) is 176 cm³/mol. The van der Waals surface area contributed by atoms with Crippen molar-refractivity contribution >= 4 is 39.3 Å². The molecule has 1 saturated carbocycles. The van der Waals surface area contributed by atoms with Gasteiger partial charge in [-0.05, 0) is 81.2 Å². The summed E-state index contributed by atoms with van der Waals surface area (Å²) < 4.78 is 75.9. The van der Waals surface area contributed by atoms with E-state index >= 15 is 4.39 Å². The highest BCUT2D eigenvalue weighted by molar-refractivity contribution is 7.89. The zero-order chi connectivity index (χ0) is 34.8. The highest BCUT2D eigenvalue weighted by atomic mass is 35.5. The van der Waals surface area contributed by atoms with Crippen molar-refractivity contribution in [3.63, 3.8) is 0 Å². The molecule has 1 aliphatic carbocycles. The number of sulfonamides is 1. The molecule has 9 nitrogen and oxygen atoms in total. The van der Waals surface area contributed by atoms with E-state index in [2.05, 4.69) is 21.3 Å². The third-order valence-corrected chi connectivity index (χ3v) is 10.2. The Morgan fingerprint density at radius 1 is 1.15 bits per heavy atom. The molecule has 4 atom stereocenters. The van der Waals surface area contributed by atoms with Gasteiger partial charge in [-0.1, -0.05) is 35.7 Å². The van der Waals surface area contributed by atoms with Gasteiger partial charge in [0, 0.05) is 41.1 Å². The largest absolute Gasteiger partial charge is 0.453 e. The molecule has 5 N–H and O–H groups in total. The highest BCUT2D eigenvalue weighted by Crippen LogP contribution is 2.44. The fourth-order valence-electron chi connectivity index (χ4n) is 5.85. The number of ether oxygens (including phenoxy) is 1. The molecule has 0 bridgehead atoms. The van der Waals surface area contributed by atoms with Gasteiger partial charge in [0.05, 0.1) is 18.9 Å². The number of nitrogens with two attached hydrogens (primary N) is 1. The van der Waals surface area contributed by atoms with E-state index in [1.807, 2.05) is 0 Å². The molecule has 3 unspecified atom stereocenters. The molecule has 0 aromatic heterocycles. The van der Waals surface area contributed by atoms with Gasteiger partial charge in [-0.15, -0.1) is 6.42 Å². The summed E-state index contributed by atoms with van der Waals surface area (Å²) >= 11 is 6.10. The van der Waals surface area contributed by atoms with Crippen molar-refractivity contribution in [2.24, 2.45) is 11.7 Å². The predicted octanol–water partition coefficient (Wildman–Crippen LogP) is 5.73. The first kappa shape index (κ1) is 38.1. The number of nitrogens with one attached hydrogen (secondary N) is 3. The number of alkyl halides is 2. The lowest BCUT2D eigenvalue weighted by atomic mass is 9.72. The number of alkyl carbamates (subject to hydrolysis) is 1. The first-order chi connectivity index (χ1) is 22.1. The van der Waals surface area contributed by atoms with Crippen LogP contribution in [-0.4, -0.2) is 57.3 Å². The molecule has 258 valence electrons. The Hall–Kier alpha value is -3.31. The first-order valence-electron chi connectivity index (χ1n) is 15.4. The summed E-state index contributed by atoms with van der Waals surface area (Å²) in [5.41, 5.74) is 6.50. The normalized spacial score (nSPS) is 17.5. The molecule has 0 aliphatic heterocycles. The maximum atomic E-state index is 15.2. The van der Waals surface area contributed by atoms with Crippen molar-refractivity contribution in [3.8, 4) is 12.3 Å². The van der Waals surface area contributed by atoms with Crippen LogP contribution < -0.4 is 21.1 Å². The van der Waals surface area contributed by atoms with Crippen LogP contribution in [0.3, 0.4) is 0 Å². The maximum Gasteiger partial charge on any atom is 0.407 e. The van der Waals surface area contributed by atoms with Crippen molar-refractivity contribution in [1.29, 1.82) is 0 Å². The number of carbonyl (C=O) groups is 2. The van der Waals surface area contributed by atoms with Gasteiger partial charge >= 0.3 is 6.09 Å². The maximum absolute atomic E-state index is 15.2. The molecule has 0 spiro atoms. The van der Waals surface area contributed by atoms with Gasteiger partial charge in [-0.2, -0.15) is 0 Å². The van der Waals surface area contributed by atoms with E-state index in [-0.39, 0.29) is 61.9 Å². The fraction of sp³-hybridized carbons (Fsp3) is 0.515. The van der Waals surface area contributed by atoms with Crippen LogP contribution in [0.2, 0.25) is 5.02 Å². The van der Waals surface area contributed by atoms with Gasteiger partial charge in [-0.25, -0.2) is 31.1 Å². The molecular formula is C33H42ClF3N4O5S. The van der Waals surface area contributed by atoms with E-state index in [0.717, 1.165) is 7.11 Å². The SMILES string of the molecule is C#CC(N)CCCS(=O)(=O)NC(C)CCc1c(F)cccc1NC(=O)[C@@H](NC(=O)OC)C(c1ccc(Cl)cc1)C1CCC(F)(F)CC1. The molecule has 2 amide bonds. The second-order valence-corrected chi connectivity index (χ2v) is 14.2. The van der Waals surface area contributed by atoms with Gasteiger partial charge < -0.3 is 21.1 Å². The quantitative estimate of drug-likeness (QED) is 0.175. The Bertz CT molecular complexity index is 1510. The molecule has 0 heterocycles. The van der Waals surface area contributed by atoms with E-state index in [9.17, 15) is 26.8 Å². The average molecular weight is 699 g/mol. The van der Waals surface area contributed by atoms with Crippen LogP contribution in [-0.2, 0) is 26.0 Å². The molecule has 47 heavy (non-hydrogen) atoms. The van der Waals surface area contributed by atoms with Gasteiger partial charge in [-0.3, -0.25) is 4.79 Å². The van der Waals surface area contributed by atoms with Crippen LogP contribution in [0.1, 0.15) is 68.9 Å². The summed E-state index contributed by atoms with van der Waals surface area (Å²) in [5.74, 6) is -3.14. The molecular weight excluding hydrogens is 657 g/mol. The third kappa shape index (κ3) is 11.7. The molecule has 1 fully saturated rings. The number of hydrogen-bond donors (Lipinski definition) is 4. The smallest absolute Gasteiger partial charge is 0.407 e. The summed E-state index contributed by atoms with van der Waals surface area (Å²) in [6.07, 6.45) is 4.66. The van der Waals surface area contributed by atoms with Crippen LogP contribution >= 0.6 is 11.6 Å². The Kier molecular flexibility index (Phi) is 14.0. The van der Waals surface area contributed by atoms with E-state index in [1.54, 1.807) is 31.2 Å². The summed E-state index contributed by atoms with van der Waals surface area (Å²) in [4.78, 5) is 26.5. The standard InChI is InChI=1S/C33H42ClF3N4O5S/c1-4-25(38)7-6-20-47(44,45)41-21(2)10-15-26-27(35)8-5-9-28(26)39-31(42)30(40-32(43)46-3)29(22-11-13-24(34)14-12-22)23-16-18-33(36,37)19-17-23/h1,5,8-9,11-14,21,23,25,29-30,41H,6-7,10,15-20,38H2,2-3H3,(H,39,42)(H,40,43)/t21?,25?,29?,30-/m0/s1. The van der Waals surface area contributed by atoms with Crippen LogP contribution in [0.15, 0.2) is 42.5 Å². The Morgan fingerprint density at radius 2 is 1.81 bits per heavy atom. The van der Waals surface area contributed by atoms with Crippen LogP contribution in [0.5, 0.6) is 0 Å². The first-order valence-corrected chi connectivity index (χ1v) is 17.5. The minimum absolute atomic E-state index is 0.0569. The topological polar surface area (TPSA) is 140 Å². The van der Waals surface area contributed by atoms with Crippen LogP contribution in [0.25, 0.3) is 0 Å². The molecule has 0 saturated heterocycles. The lowest BCUT2D eigenvalue weighted by Crippen LogP contribution is -2.50. The number of hydrogen-bond acceptors (Lipinski definition) is 6. The Balaban J connectivity index is 1.83. The van der Waals surface area contributed by atoms with Gasteiger partial charge in [0.15, 0.2) is 0 Å². The number of anilines is 1. The summed E-state index contributed by atoms with van der Waals surface area (Å²) in [5, 5.41) is 5.73. The lowest BCUT2D eigenvalue weighted by Gasteiger charge is -2.37. The number of amides is 2. The summed E-state index contributed by atoms with van der Waals surface area (Å²) in [7, 11) is -2.52. The van der Waals surface area contributed by atoms with Crippen molar-refractivity contribution < 1.29 is 35.9 Å². The molecule has 14 heteroatoms. The van der Waals surface area contributed by atoms with E-state index in [4.69, 9.17) is 28.5 Å². The highest BCUT2D eigenvalue weighted by Gasteiger charge is 2.43. The van der Waals surface area contributed by atoms with Crippen molar-refractivity contribution in [1.82, 2.24) is 10.0 Å². The minimum atomic E-state index is -3.66. The second kappa shape index (κ2) is 17.2. The number of methoxy groups -OCH3 is 1. The zero-order valence-electron chi connectivity index (χ0n) is 26.4. The van der Waals surface area contributed by atoms with Crippen LogP contribution in [0, 0.1) is 24.1 Å². The molecule has 2 aromatic carbocycles. The minimum Gasteiger partial charge on any atom is -0.453 e. The van der Waals surface area contributed by atoms with Crippen LogP contribution in [0.4, 0.5) is 23.7 Å². The molecule has 0 radical (unpaired) electrons. The number of rotatable bonds is 15. The molecule has 2 aromatic rings. The van der Waals surface area contributed by atoms with Gasteiger partial charge in [0.25, 0.3) is 0 Å². The number of halogens is 4. The van der Waals surface area contributed by atoms with E-state index < -0.39 is 63.7 Å². The van der Waals surface area contributed by atoms with Crippen molar-refractivity contribution in [2.75, 3.05) is 18.2 Å². The zero-order valence-corrected chi connectivity index (χ0v) is 28.0. The Morgan fingerprint density at radius 3 is 2.43 bits per heavy atom. The van der Waals surface area contributed by atoms with Gasteiger partial charge in [0.2, 0.25) is 21.9 Å². The molecule has 1 aliphatic rings. The molecule has 3 rings (SSSR count). The lowest BCUT2D eigenvalue weighted by molar-refractivity contribution is -0.119. The average Bonchev–Trinajstić information content (AvgIpc) is 3.01. The van der Waals surface area contributed by atoms with E-state index in [1.165, 1.54) is 18.2 Å². The monoisotopic (exact) mass is 698 g/mol. The second-order valence-electron chi connectivity index (χ2n) is 11.9. The van der Waals surface area contributed by atoms with E-state index in [0.29, 0.717) is 17.0 Å². The number of carbonyl (C=O) groups excluding carboxylic acids is 2.